The van der Waals surface area contributed by atoms with Crippen LogP contribution in [0.15, 0.2) is 36.7 Å². The van der Waals surface area contributed by atoms with Crippen molar-refractivity contribution in [3.8, 4) is 5.75 Å². The van der Waals surface area contributed by atoms with Crippen molar-refractivity contribution < 1.29 is 9.13 Å². The van der Waals surface area contributed by atoms with Gasteiger partial charge in [0.2, 0.25) is 0 Å². The molecule has 0 saturated carbocycles. The third kappa shape index (κ3) is 3.07. The third-order valence-corrected chi connectivity index (χ3v) is 2.62. The van der Waals surface area contributed by atoms with Gasteiger partial charge < -0.3 is 10.5 Å². The summed E-state index contributed by atoms with van der Waals surface area (Å²) in [4.78, 5) is 0. The molecule has 1 aromatic carbocycles. The molecule has 18 heavy (non-hydrogen) atoms. The van der Waals surface area contributed by atoms with E-state index in [2.05, 4.69) is 5.10 Å². The Morgan fingerprint density at radius 2 is 2.33 bits per heavy atom. The lowest BCUT2D eigenvalue weighted by Crippen LogP contribution is -2.10. The normalized spacial score (nSPS) is 12.4. The van der Waals surface area contributed by atoms with Crippen molar-refractivity contribution in [2.75, 3.05) is 6.61 Å². The van der Waals surface area contributed by atoms with E-state index in [4.69, 9.17) is 10.5 Å². The van der Waals surface area contributed by atoms with E-state index in [1.165, 1.54) is 6.07 Å². The first-order chi connectivity index (χ1) is 8.66. The minimum atomic E-state index is -0.384. The smallest absolute Gasteiger partial charge is 0.165 e. The zero-order valence-electron chi connectivity index (χ0n) is 10.2. The largest absolute Gasteiger partial charge is 0.489 e. The van der Waals surface area contributed by atoms with Gasteiger partial charge in [-0.1, -0.05) is 6.07 Å². The van der Waals surface area contributed by atoms with Gasteiger partial charge in [0.05, 0.1) is 6.54 Å². The molecule has 4 nitrogen and oxygen atoms in total. The molecule has 0 aliphatic carbocycles. The summed E-state index contributed by atoms with van der Waals surface area (Å²) >= 11 is 0. The van der Waals surface area contributed by atoms with Crippen LogP contribution in [0.4, 0.5) is 4.39 Å². The van der Waals surface area contributed by atoms with Gasteiger partial charge in [-0.2, -0.15) is 5.10 Å². The zero-order valence-corrected chi connectivity index (χ0v) is 10.2. The lowest BCUT2D eigenvalue weighted by molar-refractivity contribution is 0.278. The number of benzene rings is 1. The van der Waals surface area contributed by atoms with Crippen LogP contribution in [0, 0.1) is 5.82 Å². The molecule has 0 bridgehead atoms. The molecule has 0 fully saturated rings. The highest BCUT2D eigenvalue weighted by atomic mass is 19.1. The van der Waals surface area contributed by atoms with Crippen LogP contribution in [0.5, 0.6) is 5.75 Å². The summed E-state index contributed by atoms with van der Waals surface area (Å²) in [6, 6.07) is 6.44. The van der Waals surface area contributed by atoms with Gasteiger partial charge in [-0.05, 0) is 30.7 Å². The Hall–Kier alpha value is -1.88. The maximum absolute atomic E-state index is 13.7. The van der Waals surface area contributed by atoms with Crippen molar-refractivity contribution in [1.82, 2.24) is 9.78 Å². The molecule has 5 heteroatoms. The first-order valence-corrected chi connectivity index (χ1v) is 5.82. The summed E-state index contributed by atoms with van der Waals surface area (Å²) < 4.78 is 20.8. The first kappa shape index (κ1) is 12.6. The molecule has 0 saturated heterocycles. The Balaban J connectivity index is 1.93. The molecular weight excluding hydrogens is 233 g/mol. The first-order valence-electron chi connectivity index (χ1n) is 5.82. The number of hydrogen-bond acceptors (Lipinski definition) is 3. The molecule has 1 atom stereocenters. The van der Waals surface area contributed by atoms with Crippen molar-refractivity contribution in [3.63, 3.8) is 0 Å². The van der Waals surface area contributed by atoms with Crippen molar-refractivity contribution in [1.29, 1.82) is 0 Å². The standard InChI is InChI=1S/C13H16FN3O/c1-10(15)11-3-4-13(12(14)9-11)18-8-7-17-6-2-5-16-17/h2-6,9-10H,7-8,15H2,1H3. The fraction of sp³-hybridized carbons (Fsp3) is 0.308. The van der Waals surface area contributed by atoms with Gasteiger partial charge in [-0.25, -0.2) is 4.39 Å². The highest BCUT2D eigenvalue weighted by molar-refractivity contribution is 5.30. The molecule has 0 amide bonds. The molecule has 2 rings (SSSR count). The van der Waals surface area contributed by atoms with E-state index in [1.807, 2.05) is 19.2 Å². The summed E-state index contributed by atoms with van der Waals surface area (Å²) in [7, 11) is 0. The van der Waals surface area contributed by atoms with Gasteiger partial charge >= 0.3 is 0 Å². The summed E-state index contributed by atoms with van der Waals surface area (Å²) in [6.45, 7) is 2.77. The molecule has 0 aliphatic heterocycles. The molecular formula is C13H16FN3O. The minimum Gasteiger partial charge on any atom is -0.489 e. The number of ether oxygens (including phenoxy) is 1. The Bertz CT molecular complexity index is 497. The summed E-state index contributed by atoms with van der Waals surface area (Å²) in [5, 5.41) is 4.03. The predicted octanol–water partition coefficient (Wildman–Crippen LogP) is 2.12. The van der Waals surface area contributed by atoms with Crippen LogP contribution in [0.3, 0.4) is 0 Å². The highest BCUT2D eigenvalue weighted by Gasteiger charge is 2.07. The van der Waals surface area contributed by atoms with Gasteiger partial charge in [0.15, 0.2) is 11.6 Å². The van der Waals surface area contributed by atoms with Gasteiger partial charge in [0, 0.05) is 18.4 Å². The molecule has 0 spiro atoms. The summed E-state index contributed by atoms with van der Waals surface area (Å²) in [6.07, 6.45) is 3.52. The molecule has 96 valence electrons. The lowest BCUT2D eigenvalue weighted by atomic mass is 10.1. The fourth-order valence-electron chi connectivity index (χ4n) is 1.60. The monoisotopic (exact) mass is 249 g/mol. The van der Waals surface area contributed by atoms with E-state index in [9.17, 15) is 4.39 Å². The van der Waals surface area contributed by atoms with E-state index < -0.39 is 0 Å². The SMILES string of the molecule is CC(N)c1ccc(OCCn2cccn2)c(F)c1. The van der Waals surface area contributed by atoms with Gasteiger partial charge in [-0.3, -0.25) is 4.68 Å². The van der Waals surface area contributed by atoms with Crippen molar-refractivity contribution in [3.05, 3.63) is 48.0 Å². The molecule has 1 aromatic heterocycles. The lowest BCUT2D eigenvalue weighted by Gasteiger charge is -2.10. The summed E-state index contributed by atoms with van der Waals surface area (Å²) in [5.74, 6) is -0.142. The molecule has 2 aromatic rings. The van der Waals surface area contributed by atoms with Crippen LogP contribution < -0.4 is 10.5 Å². The van der Waals surface area contributed by atoms with E-state index >= 15 is 0 Å². The van der Waals surface area contributed by atoms with Crippen LogP contribution in [0.2, 0.25) is 0 Å². The van der Waals surface area contributed by atoms with E-state index in [-0.39, 0.29) is 17.6 Å². The van der Waals surface area contributed by atoms with Gasteiger partial charge in [0.1, 0.15) is 6.61 Å². The van der Waals surface area contributed by atoms with Crippen LogP contribution in [-0.4, -0.2) is 16.4 Å². The Kier molecular flexibility index (Phi) is 3.94. The molecule has 0 radical (unpaired) electrons. The maximum atomic E-state index is 13.7. The number of halogens is 1. The molecule has 1 unspecified atom stereocenters. The number of aromatic nitrogens is 2. The van der Waals surface area contributed by atoms with E-state index in [1.54, 1.807) is 23.0 Å². The highest BCUT2D eigenvalue weighted by Crippen LogP contribution is 2.21. The fourth-order valence-corrected chi connectivity index (χ4v) is 1.60. The topological polar surface area (TPSA) is 53.1 Å². The van der Waals surface area contributed by atoms with Crippen LogP contribution in [0.25, 0.3) is 0 Å². The van der Waals surface area contributed by atoms with Gasteiger partial charge in [-0.15, -0.1) is 0 Å². The van der Waals surface area contributed by atoms with Crippen LogP contribution in [0.1, 0.15) is 18.5 Å². The number of hydrogen-bond donors (Lipinski definition) is 1. The Labute approximate surface area is 105 Å². The van der Waals surface area contributed by atoms with Crippen molar-refractivity contribution in [2.24, 2.45) is 5.73 Å². The van der Waals surface area contributed by atoms with Crippen molar-refractivity contribution >= 4 is 0 Å². The molecule has 1 heterocycles. The van der Waals surface area contributed by atoms with Crippen LogP contribution in [-0.2, 0) is 6.54 Å². The van der Waals surface area contributed by atoms with Crippen molar-refractivity contribution in [2.45, 2.75) is 19.5 Å². The predicted molar refractivity (Wildman–Crippen MR) is 66.7 cm³/mol. The average molecular weight is 249 g/mol. The maximum Gasteiger partial charge on any atom is 0.165 e. The summed E-state index contributed by atoms with van der Waals surface area (Å²) in [5.41, 5.74) is 6.43. The third-order valence-electron chi connectivity index (χ3n) is 2.62. The average Bonchev–Trinajstić information content (AvgIpc) is 2.84. The second kappa shape index (κ2) is 5.64. The van der Waals surface area contributed by atoms with Gasteiger partial charge in [0.25, 0.3) is 0 Å². The number of nitrogens with two attached hydrogens (primary N) is 1. The van der Waals surface area contributed by atoms with E-state index in [0.717, 1.165) is 5.56 Å². The number of rotatable bonds is 5. The Morgan fingerprint density at radius 1 is 1.50 bits per heavy atom. The number of nitrogens with zero attached hydrogens (tertiary/aromatic N) is 2. The second-order valence-electron chi connectivity index (χ2n) is 4.10. The zero-order chi connectivity index (χ0) is 13.0. The minimum absolute atomic E-state index is 0.183. The Morgan fingerprint density at radius 3 is 2.94 bits per heavy atom. The quantitative estimate of drug-likeness (QED) is 0.883. The van der Waals surface area contributed by atoms with Crippen LogP contribution >= 0.6 is 0 Å². The molecule has 0 aliphatic rings. The molecule has 2 N–H and O–H groups in total. The van der Waals surface area contributed by atoms with E-state index in [0.29, 0.717) is 13.2 Å². The second-order valence-corrected chi connectivity index (χ2v) is 4.10.